The van der Waals surface area contributed by atoms with Crippen molar-refractivity contribution in [1.29, 1.82) is 0 Å². The third-order valence-corrected chi connectivity index (χ3v) is 4.88. The van der Waals surface area contributed by atoms with Gasteiger partial charge < -0.3 is 9.84 Å². The Morgan fingerprint density at radius 3 is 2.48 bits per heavy atom. The summed E-state index contributed by atoms with van der Waals surface area (Å²) >= 11 is 6.25. The predicted molar refractivity (Wildman–Crippen MR) is 108 cm³/mol. The highest BCUT2D eigenvalue weighted by Crippen LogP contribution is 2.38. The molecule has 3 aromatic rings. The minimum atomic E-state index is -1.09. The molecule has 0 saturated carbocycles. The van der Waals surface area contributed by atoms with E-state index in [9.17, 15) is 9.90 Å². The molecule has 1 N–H and O–H groups in total. The Morgan fingerprint density at radius 1 is 1.19 bits per heavy atom. The second kappa shape index (κ2) is 8.07. The summed E-state index contributed by atoms with van der Waals surface area (Å²) in [5, 5.41) is 11.2. The van der Waals surface area contributed by atoms with E-state index in [1.807, 2.05) is 31.2 Å². The van der Waals surface area contributed by atoms with E-state index in [0.717, 1.165) is 28.5 Å². The average Bonchev–Trinajstić information content (AvgIpc) is 2.66. The first-order chi connectivity index (χ1) is 13.0. The number of pyridine rings is 1. The van der Waals surface area contributed by atoms with Crippen LogP contribution in [0.5, 0.6) is 0 Å². The van der Waals surface area contributed by atoms with E-state index in [2.05, 4.69) is 24.0 Å². The van der Waals surface area contributed by atoms with Crippen LogP contribution < -0.4 is 0 Å². The van der Waals surface area contributed by atoms with Gasteiger partial charge in [-0.25, -0.2) is 4.79 Å². The van der Waals surface area contributed by atoms with Crippen molar-refractivity contribution in [2.24, 2.45) is 0 Å². The standard InChI is InChI=1S/C22H22ClNO3/c1-4-14-6-8-15(9-7-14)20-17-12-16(23)10-11-18(17)24-13(3)19(20)21(22(25)26)27-5-2/h6-12,21H,4-5H2,1-3H3,(H,25,26). The van der Waals surface area contributed by atoms with E-state index in [4.69, 9.17) is 16.3 Å². The van der Waals surface area contributed by atoms with E-state index in [-0.39, 0.29) is 6.61 Å². The largest absolute Gasteiger partial charge is 0.479 e. The van der Waals surface area contributed by atoms with Crippen LogP contribution in [0.15, 0.2) is 42.5 Å². The zero-order valence-electron chi connectivity index (χ0n) is 15.6. The molecule has 140 valence electrons. The second-order valence-corrected chi connectivity index (χ2v) is 6.81. The Kier molecular flexibility index (Phi) is 5.78. The van der Waals surface area contributed by atoms with Crippen molar-refractivity contribution in [3.63, 3.8) is 0 Å². The van der Waals surface area contributed by atoms with Crippen LogP contribution in [0.4, 0.5) is 0 Å². The smallest absolute Gasteiger partial charge is 0.337 e. The number of carboxylic acid groups (broad SMARTS) is 1. The first-order valence-corrected chi connectivity index (χ1v) is 9.37. The number of fused-ring (bicyclic) bond motifs is 1. The molecule has 4 nitrogen and oxygen atoms in total. The van der Waals surface area contributed by atoms with Crippen LogP contribution in [0.25, 0.3) is 22.0 Å². The van der Waals surface area contributed by atoms with Gasteiger partial charge in [0.25, 0.3) is 0 Å². The summed E-state index contributed by atoms with van der Waals surface area (Å²) in [6.07, 6.45) is -0.155. The molecule has 0 aliphatic heterocycles. The van der Waals surface area contributed by atoms with Crippen molar-refractivity contribution < 1.29 is 14.6 Å². The van der Waals surface area contributed by atoms with Crippen LogP contribution in [0.3, 0.4) is 0 Å². The maximum Gasteiger partial charge on any atom is 0.337 e. The number of rotatable bonds is 6. The quantitative estimate of drug-likeness (QED) is 0.602. The summed E-state index contributed by atoms with van der Waals surface area (Å²) in [6, 6.07) is 13.6. The zero-order valence-corrected chi connectivity index (χ0v) is 16.4. The number of aliphatic carboxylic acids is 1. The molecule has 1 heterocycles. The molecule has 1 atom stereocenters. The molecule has 0 radical (unpaired) electrons. The lowest BCUT2D eigenvalue weighted by Crippen LogP contribution is -2.18. The Labute approximate surface area is 163 Å². The predicted octanol–water partition coefficient (Wildman–Crippen LogP) is 5.59. The van der Waals surface area contributed by atoms with Gasteiger partial charge in [-0.3, -0.25) is 4.98 Å². The highest BCUT2D eigenvalue weighted by molar-refractivity contribution is 6.31. The maximum atomic E-state index is 12.0. The summed E-state index contributed by atoms with van der Waals surface area (Å²) in [5.41, 5.74) is 4.93. The van der Waals surface area contributed by atoms with Crippen molar-refractivity contribution in [2.45, 2.75) is 33.3 Å². The van der Waals surface area contributed by atoms with Crippen LogP contribution in [0, 0.1) is 6.92 Å². The van der Waals surface area contributed by atoms with E-state index in [0.29, 0.717) is 16.3 Å². The minimum absolute atomic E-state index is 0.290. The summed E-state index contributed by atoms with van der Waals surface area (Å²) in [6.45, 7) is 5.99. The van der Waals surface area contributed by atoms with Gasteiger partial charge in [-0.2, -0.15) is 0 Å². The molecule has 0 amide bonds. The summed E-state index contributed by atoms with van der Waals surface area (Å²) in [5.74, 6) is -1.03. The van der Waals surface area contributed by atoms with E-state index < -0.39 is 12.1 Å². The number of carbonyl (C=O) groups is 1. The lowest BCUT2D eigenvalue weighted by Gasteiger charge is -2.21. The lowest BCUT2D eigenvalue weighted by molar-refractivity contribution is -0.150. The third kappa shape index (κ3) is 3.82. The number of benzene rings is 2. The van der Waals surface area contributed by atoms with Gasteiger partial charge >= 0.3 is 5.97 Å². The van der Waals surface area contributed by atoms with Gasteiger partial charge in [0, 0.05) is 28.3 Å². The van der Waals surface area contributed by atoms with Crippen LogP contribution in [-0.4, -0.2) is 22.7 Å². The van der Waals surface area contributed by atoms with Gasteiger partial charge in [0.05, 0.1) is 5.52 Å². The van der Waals surface area contributed by atoms with Gasteiger partial charge in [0.1, 0.15) is 0 Å². The molecule has 0 saturated heterocycles. The molecule has 0 aliphatic rings. The van der Waals surface area contributed by atoms with Gasteiger partial charge in [0.15, 0.2) is 6.10 Å². The van der Waals surface area contributed by atoms with E-state index in [1.54, 1.807) is 13.0 Å². The number of carboxylic acids is 1. The number of hydrogen-bond acceptors (Lipinski definition) is 3. The molecule has 1 unspecified atom stereocenters. The number of aromatic nitrogens is 1. The molecular weight excluding hydrogens is 362 g/mol. The van der Waals surface area contributed by atoms with E-state index in [1.165, 1.54) is 5.56 Å². The van der Waals surface area contributed by atoms with Crippen molar-refractivity contribution in [1.82, 2.24) is 4.98 Å². The number of ether oxygens (including phenoxy) is 1. The Bertz CT molecular complexity index is 983. The maximum absolute atomic E-state index is 12.0. The lowest BCUT2D eigenvalue weighted by atomic mass is 9.90. The van der Waals surface area contributed by atoms with Crippen LogP contribution in [-0.2, 0) is 16.0 Å². The number of hydrogen-bond donors (Lipinski definition) is 1. The normalized spacial score (nSPS) is 12.3. The number of halogens is 1. The molecule has 1 aromatic heterocycles. The molecule has 2 aromatic carbocycles. The molecule has 0 spiro atoms. The monoisotopic (exact) mass is 383 g/mol. The summed E-state index contributed by atoms with van der Waals surface area (Å²) in [7, 11) is 0. The van der Waals surface area contributed by atoms with Crippen LogP contribution >= 0.6 is 11.6 Å². The van der Waals surface area contributed by atoms with Gasteiger partial charge in [-0.05, 0) is 55.2 Å². The minimum Gasteiger partial charge on any atom is -0.479 e. The number of nitrogens with zero attached hydrogens (tertiary/aromatic N) is 1. The van der Waals surface area contributed by atoms with Crippen LogP contribution in [0.1, 0.15) is 36.8 Å². The number of aryl methyl sites for hydroxylation is 2. The van der Waals surface area contributed by atoms with Gasteiger partial charge in [-0.1, -0.05) is 42.8 Å². The zero-order chi connectivity index (χ0) is 19.6. The molecule has 3 rings (SSSR count). The average molecular weight is 384 g/mol. The Morgan fingerprint density at radius 2 is 1.89 bits per heavy atom. The second-order valence-electron chi connectivity index (χ2n) is 6.37. The van der Waals surface area contributed by atoms with Crippen molar-refractivity contribution in [3.8, 4) is 11.1 Å². The van der Waals surface area contributed by atoms with Crippen LogP contribution in [0.2, 0.25) is 5.02 Å². The molecule has 0 aliphatic carbocycles. The fourth-order valence-electron chi connectivity index (χ4n) is 3.36. The Balaban J connectivity index is 2.38. The van der Waals surface area contributed by atoms with Gasteiger partial charge in [0.2, 0.25) is 0 Å². The molecular formula is C22H22ClNO3. The van der Waals surface area contributed by atoms with Crippen molar-refractivity contribution >= 4 is 28.5 Å². The van der Waals surface area contributed by atoms with Crippen molar-refractivity contribution in [2.75, 3.05) is 6.61 Å². The molecule has 0 fully saturated rings. The highest BCUT2D eigenvalue weighted by Gasteiger charge is 2.28. The SMILES string of the molecule is CCOC(C(=O)O)c1c(C)nc2ccc(Cl)cc2c1-c1ccc(CC)cc1. The Hall–Kier alpha value is -2.43. The van der Waals surface area contributed by atoms with E-state index >= 15 is 0 Å². The first kappa shape index (κ1) is 19.3. The third-order valence-electron chi connectivity index (χ3n) is 4.65. The highest BCUT2D eigenvalue weighted by atomic mass is 35.5. The first-order valence-electron chi connectivity index (χ1n) is 8.99. The molecule has 27 heavy (non-hydrogen) atoms. The fourth-order valence-corrected chi connectivity index (χ4v) is 3.53. The van der Waals surface area contributed by atoms with Gasteiger partial charge in [-0.15, -0.1) is 0 Å². The summed E-state index contributed by atoms with van der Waals surface area (Å²) < 4.78 is 5.58. The fraction of sp³-hybridized carbons (Fsp3) is 0.273. The summed E-state index contributed by atoms with van der Waals surface area (Å²) in [4.78, 5) is 16.6. The van der Waals surface area contributed by atoms with Crippen molar-refractivity contribution in [3.05, 3.63) is 64.3 Å². The topological polar surface area (TPSA) is 59.4 Å². The molecule has 5 heteroatoms. The molecule has 0 bridgehead atoms.